The average Bonchev–Trinajstić information content (AvgIpc) is 2.85. The molecule has 124 valence electrons. The largest absolute Gasteiger partial charge is 0.465 e. The number of aromatic nitrogens is 1. The number of esters is 2. The molecule has 1 aromatic carbocycles. The van der Waals surface area contributed by atoms with Crippen molar-refractivity contribution in [1.82, 2.24) is 4.57 Å². The maximum Gasteiger partial charge on any atom is 0.420 e. The number of oxazole rings is 1. The Labute approximate surface area is 132 Å². The van der Waals surface area contributed by atoms with Crippen molar-refractivity contribution in [2.24, 2.45) is 5.92 Å². The van der Waals surface area contributed by atoms with Crippen LogP contribution >= 0.6 is 0 Å². The number of methoxy groups -OCH3 is 1. The predicted molar refractivity (Wildman–Crippen MR) is 82.3 cm³/mol. The van der Waals surface area contributed by atoms with Crippen LogP contribution in [0.1, 0.15) is 37.2 Å². The summed E-state index contributed by atoms with van der Waals surface area (Å²) in [5, 5.41) is 0. The molecule has 0 N–H and O–H groups in total. The maximum atomic E-state index is 12.1. The molecule has 0 amide bonds. The van der Waals surface area contributed by atoms with Crippen LogP contribution in [-0.2, 0) is 14.3 Å². The molecular weight excluding hydrogens is 302 g/mol. The summed E-state index contributed by atoms with van der Waals surface area (Å²) >= 11 is 0. The van der Waals surface area contributed by atoms with Gasteiger partial charge in [-0.1, -0.05) is 13.8 Å². The maximum absolute atomic E-state index is 12.1. The van der Waals surface area contributed by atoms with Crippen molar-refractivity contribution in [3.63, 3.8) is 0 Å². The van der Waals surface area contributed by atoms with Gasteiger partial charge < -0.3 is 13.9 Å². The second-order valence-corrected chi connectivity index (χ2v) is 5.61. The lowest BCUT2D eigenvalue weighted by atomic mass is 10.2. The quantitative estimate of drug-likeness (QED) is 0.784. The minimum atomic E-state index is -0.827. The predicted octanol–water partition coefficient (Wildman–Crippen LogP) is 2.14. The highest BCUT2D eigenvalue weighted by atomic mass is 16.5. The molecule has 1 heterocycles. The van der Waals surface area contributed by atoms with E-state index in [0.29, 0.717) is 5.52 Å². The van der Waals surface area contributed by atoms with Crippen LogP contribution in [0.25, 0.3) is 11.1 Å². The van der Waals surface area contributed by atoms with Gasteiger partial charge in [0.2, 0.25) is 0 Å². The summed E-state index contributed by atoms with van der Waals surface area (Å²) in [7, 11) is 1.26. The number of carbonyl (C=O) groups excluding carboxylic acids is 2. The minimum Gasteiger partial charge on any atom is -0.465 e. The van der Waals surface area contributed by atoms with E-state index < -0.39 is 23.7 Å². The molecule has 0 spiro atoms. The fourth-order valence-electron chi connectivity index (χ4n) is 2.12. The van der Waals surface area contributed by atoms with Crippen LogP contribution in [0.5, 0.6) is 0 Å². The van der Waals surface area contributed by atoms with Crippen LogP contribution in [-0.4, -0.2) is 30.2 Å². The highest BCUT2D eigenvalue weighted by Gasteiger charge is 2.23. The molecule has 0 aliphatic heterocycles. The van der Waals surface area contributed by atoms with Crippen LogP contribution < -0.4 is 5.76 Å². The number of nitrogens with zero attached hydrogens (tertiary/aromatic N) is 1. The lowest BCUT2D eigenvalue weighted by Gasteiger charge is -2.13. The molecule has 0 radical (unpaired) electrons. The summed E-state index contributed by atoms with van der Waals surface area (Å²) < 4.78 is 16.1. The van der Waals surface area contributed by atoms with Gasteiger partial charge in [-0.25, -0.2) is 14.4 Å². The average molecular weight is 321 g/mol. The lowest BCUT2D eigenvalue weighted by molar-refractivity contribution is -0.148. The van der Waals surface area contributed by atoms with Gasteiger partial charge in [0.25, 0.3) is 0 Å². The first-order valence-electron chi connectivity index (χ1n) is 7.25. The van der Waals surface area contributed by atoms with Crippen LogP contribution in [0.3, 0.4) is 0 Å². The van der Waals surface area contributed by atoms with Crippen molar-refractivity contribution in [3.8, 4) is 0 Å². The zero-order valence-electron chi connectivity index (χ0n) is 13.5. The molecule has 0 saturated carbocycles. The molecule has 0 aliphatic carbocycles. The number of rotatable bonds is 5. The minimum absolute atomic E-state index is 0.201. The van der Waals surface area contributed by atoms with E-state index in [1.807, 2.05) is 13.8 Å². The smallest absolute Gasteiger partial charge is 0.420 e. The van der Waals surface area contributed by atoms with Gasteiger partial charge >= 0.3 is 17.7 Å². The number of carbonyl (C=O) groups is 2. The Bertz CT molecular complexity index is 785. The second kappa shape index (κ2) is 6.68. The number of hydrogen-bond donors (Lipinski definition) is 0. The Hall–Kier alpha value is -2.57. The zero-order chi connectivity index (χ0) is 17.1. The first kappa shape index (κ1) is 16.8. The molecule has 1 aromatic heterocycles. The number of ether oxygens (including phenoxy) is 2. The third-order valence-corrected chi connectivity index (χ3v) is 3.32. The Morgan fingerprint density at radius 3 is 2.57 bits per heavy atom. The van der Waals surface area contributed by atoms with Crippen molar-refractivity contribution in [3.05, 3.63) is 34.3 Å². The monoisotopic (exact) mass is 321 g/mol. The van der Waals surface area contributed by atoms with Gasteiger partial charge in [0.05, 0.1) is 24.8 Å². The molecule has 1 atom stereocenters. The van der Waals surface area contributed by atoms with E-state index in [9.17, 15) is 14.4 Å². The van der Waals surface area contributed by atoms with E-state index in [-0.39, 0.29) is 23.7 Å². The summed E-state index contributed by atoms with van der Waals surface area (Å²) in [6, 6.07) is 3.63. The van der Waals surface area contributed by atoms with Gasteiger partial charge in [-0.3, -0.25) is 4.57 Å². The summed E-state index contributed by atoms with van der Waals surface area (Å²) in [5.41, 5.74) is 0.883. The number of hydrogen-bond acceptors (Lipinski definition) is 6. The van der Waals surface area contributed by atoms with E-state index in [2.05, 4.69) is 4.74 Å². The van der Waals surface area contributed by atoms with Crippen LogP contribution in [0.15, 0.2) is 27.4 Å². The van der Waals surface area contributed by atoms with E-state index in [4.69, 9.17) is 9.15 Å². The number of benzene rings is 1. The topological polar surface area (TPSA) is 87.7 Å². The molecule has 0 fully saturated rings. The molecule has 2 rings (SSSR count). The summed E-state index contributed by atoms with van der Waals surface area (Å²) in [4.78, 5) is 35.6. The van der Waals surface area contributed by atoms with Crippen LogP contribution in [0.4, 0.5) is 0 Å². The normalized spacial score (nSPS) is 12.4. The molecule has 1 unspecified atom stereocenters. The van der Waals surface area contributed by atoms with E-state index in [0.717, 1.165) is 0 Å². The Morgan fingerprint density at radius 2 is 1.96 bits per heavy atom. The van der Waals surface area contributed by atoms with Crippen molar-refractivity contribution in [2.45, 2.75) is 26.8 Å². The van der Waals surface area contributed by atoms with Gasteiger partial charge in [-0.05, 0) is 31.0 Å². The van der Waals surface area contributed by atoms with E-state index in [1.54, 1.807) is 13.0 Å². The Morgan fingerprint density at radius 1 is 1.26 bits per heavy atom. The van der Waals surface area contributed by atoms with Crippen molar-refractivity contribution in [2.75, 3.05) is 13.7 Å². The highest BCUT2D eigenvalue weighted by Crippen LogP contribution is 2.20. The SMILES string of the molecule is COC(=O)c1ccc2c(c1)oc(=O)n2C(C)C(=O)OCC(C)C. The first-order chi connectivity index (χ1) is 10.8. The molecule has 0 bridgehead atoms. The molecule has 0 aliphatic rings. The lowest BCUT2D eigenvalue weighted by Crippen LogP contribution is -2.27. The fourth-order valence-corrected chi connectivity index (χ4v) is 2.12. The van der Waals surface area contributed by atoms with Gasteiger partial charge in [0.1, 0.15) is 6.04 Å². The van der Waals surface area contributed by atoms with E-state index in [1.165, 1.54) is 23.8 Å². The number of fused-ring (bicyclic) bond motifs is 1. The standard InChI is InChI=1S/C16H19NO6/c1-9(2)8-22-14(18)10(3)17-12-6-5-11(15(19)21-4)7-13(12)23-16(17)20/h5-7,9-10H,8H2,1-4H3. The van der Waals surface area contributed by atoms with Crippen LogP contribution in [0.2, 0.25) is 0 Å². The summed E-state index contributed by atoms with van der Waals surface area (Å²) in [5.74, 6) is -1.53. The van der Waals surface area contributed by atoms with Gasteiger partial charge in [-0.15, -0.1) is 0 Å². The molecule has 7 nitrogen and oxygen atoms in total. The third kappa shape index (κ3) is 3.44. The van der Waals surface area contributed by atoms with Crippen molar-refractivity contribution >= 4 is 23.0 Å². The van der Waals surface area contributed by atoms with Gasteiger partial charge in [0.15, 0.2) is 5.58 Å². The first-order valence-corrected chi connectivity index (χ1v) is 7.25. The Kier molecular flexibility index (Phi) is 4.88. The fraction of sp³-hybridized carbons (Fsp3) is 0.438. The van der Waals surface area contributed by atoms with Gasteiger partial charge in [-0.2, -0.15) is 0 Å². The van der Waals surface area contributed by atoms with Crippen molar-refractivity contribution in [1.29, 1.82) is 0 Å². The van der Waals surface area contributed by atoms with E-state index >= 15 is 0 Å². The summed E-state index contributed by atoms with van der Waals surface area (Å²) in [6.07, 6.45) is 0. The molecular formula is C16H19NO6. The van der Waals surface area contributed by atoms with Crippen LogP contribution in [0, 0.1) is 5.92 Å². The van der Waals surface area contributed by atoms with Crippen molar-refractivity contribution < 1.29 is 23.5 Å². The highest BCUT2D eigenvalue weighted by molar-refractivity contribution is 5.93. The second-order valence-electron chi connectivity index (χ2n) is 5.61. The molecule has 0 saturated heterocycles. The molecule has 2 aromatic rings. The summed E-state index contributed by atoms with van der Waals surface area (Å²) in [6.45, 7) is 5.69. The third-order valence-electron chi connectivity index (χ3n) is 3.32. The molecule has 23 heavy (non-hydrogen) atoms. The molecule has 7 heteroatoms. The Balaban J connectivity index is 2.37. The van der Waals surface area contributed by atoms with Gasteiger partial charge in [0, 0.05) is 0 Å². The zero-order valence-corrected chi connectivity index (χ0v) is 13.5.